The molecule has 0 aliphatic carbocycles. The van der Waals surface area contributed by atoms with E-state index in [2.05, 4.69) is 9.72 Å². The van der Waals surface area contributed by atoms with E-state index in [-0.39, 0.29) is 48.7 Å². The van der Waals surface area contributed by atoms with Gasteiger partial charge in [0.05, 0.1) is 13.5 Å². The van der Waals surface area contributed by atoms with Gasteiger partial charge in [0.15, 0.2) is 0 Å². The van der Waals surface area contributed by atoms with E-state index in [9.17, 15) is 9.59 Å². The number of rotatable bonds is 3. The molecular weight excluding hydrogens is 213 g/mol. The minimum Gasteiger partial charge on any atom is -1.00 e. The smallest absolute Gasteiger partial charge is 1.00 e. The SMILES string of the molecule is COC(=O)Cc1[nH]cc(O)c1C(=O)O.[H-].[Na+]. The third-order valence-corrected chi connectivity index (χ3v) is 1.70. The summed E-state index contributed by atoms with van der Waals surface area (Å²) >= 11 is 0. The number of aromatic hydroxyl groups is 1. The number of methoxy groups -OCH3 is 1. The van der Waals surface area contributed by atoms with Crippen LogP contribution in [0.1, 0.15) is 17.5 Å². The number of hydrogen-bond acceptors (Lipinski definition) is 4. The maximum Gasteiger partial charge on any atom is 1.00 e. The van der Waals surface area contributed by atoms with E-state index in [1.54, 1.807) is 0 Å². The zero-order valence-corrected chi connectivity index (χ0v) is 10.4. The van der Waals surface area contributed by atoms with Gasteiger partial charge >= 0.3 is 41.5 Å². The van der Waals surface area contributed by atoms with Crippen molar-refractivity contribution in [3.8, 4) is 5.75 Å². The number of aromatic amines is 1. The molecule has 0 fully saturated rings. The van der Waals surface area contributed by atoms with Gasteiger partial charge in [0, 0.05) is 11.9 Å². The first-order valence-corrected chi connectivity index (χ1v) is 3.75. The van der Waals surface area contributed by atoms with Crippen LogP contribution in [0.25, 0.3) is 0 Å². The van der Waals surface area contributed by atoms with Gasteiger partial charge in [0.2, 0.25) is 0 Å². The van der Waals surface area contributed by atoms with Crippen molar-refractivity contribution in [3.05, 3.63) is 17.5 Å². The Balaban J connectivity index is 0. The Hall–Kier alpha value is -0.980. The van der Waals surface area contributed by atoms with Crippen molar-refractivity contribution < 1.29 is 55.5 Å². The molecule has 1 aromatic rings. The van der Waals surface area contributed by atoms with Crippen molar-refractivity contribution in [1.82, 2.24) is 4.98 Å². The second-order valence-corrected chi connectivity index (χ2v) is 2.59. The summed E-state index contributed by atoms with van der Waals surface area (Å²) in [6, 6.07) is 0. The van der Waals surface area contributed by atoms with Crippen molar-refractivity contribution in [2.45, 2.75) is 6.42 Å². The topological polar surface area (TPSA) is 99.6 Å². The van der Waals surface area contributed by atoms with Crippen molar-refractivity contribution in [2.75, 3.05) is 7.11 Å². The van der Waals surface area contributed by atoms with Gasteiger partial charge in [-0.05, 0) is 0 Å². The van der Waals surface area contributed by atoms with Crippen LogP contribution in [0.5, 0.6) is 5.75 Å². The largest absolute Gasteiger partial charge is 1.00 e. The van der Waals surface area contributed by atoms with E-state index in [1.165, 1.54) is 7.11 Å². The molecule has 15 heavy (non-hydrogen) atoms. The van der Waals surface area contributed by atoms with Gasteiger partial charge in [-0.15, -0.1) is 0 Å². The van der Waals surface area contributed by atoms with E-state index in [4.69, 9.17) is 10.2 Å². The molecule has 3 N–H and O–H groups in total. The van der Waals surface area contributed by atoms with Crippen LogP contribution in [0.2, 0.25) is 0 Å². The number of carboxylic acid groups (broad SMARTS) is 1. The normalized spacial score (nSPS) is 9.13. The summed E-state index contributed by atoms with van der Waals surface area (Å²) in [6.45, 7) is 0. The van der Waals surface area contributed by atoms with Crippen LogP contribution in [-0.4, -0.2) is 34.2 Å². The maximum atomic E-state index is 10.8. The number of esters is 1. The van der Waals surface area contributed by atoms with Crippen LogP contribution in [0, 0.1) is 0 Å². The Labute approximate surface area is 109 Å². The number of carbonyl (C=O) groups excluding carboxylic acids is 1. The van der Waals surface area contributed by atoms with E-state index in [0.717, 1.165) is 6.20 Å². The van der Waals surface area contributed by atoms with Crippen LogP contribution in [-0.2, 0) is 16.0 Å². The summed E-state index contributed by atoms with van der Waals surface area (Å²) in [6.07, 6.45) is 0.903. The minimum atomic E-state index is -1.29. The molecule has 0 aliphatic heterocycles. The summed E-state index contributed by atoms with van der Waals surface area (Å²) in [7, 11) is 1.20. The van der Waals surface area contributed by atoms with Crippen LogP contribution < -0.4 is 29.6 Å². The quantitative estimate of drug-likeness (QED) is 0.381. The Bertz CT molecular complexity index is 379. The monoisotopic (exact) mass is 223 g/mol. The van der Waals surface area contributed by atoms with E-state index in [1.807, 2.05) is 0 Å². The standard InChI is InChI=1S/C8H9NO5.Na.H/c1-14-6(11)2-4-7(8(12)13)5(10)3-9-4;;/h3,9-10H,2H2,1H3,(H,12,13);;/q;+1;-1. The van der Waals surface area contributed by atoms with Gasteiger partial charge in [-0.1, -0.05) is 0 Å². The molecular formula is C8H10NNaO5. The van der Waals surface area contributed by atoms with Gasteiger partial charge in [0.1, 0.15) is 11.3 Å². The number of carbonyl (C=O) groups is 2. The second kappa shape index (κ2) is 5.79. The third kappa shape index (κ3) is 3.26. The van der Waals surface area contributed by atoms with Gasteiger partial charge in [0.25, 0.3) is 0 Å². The molecule has 0 unspecified atom stereocenters. The number of carboxylic acids is 1. The summed E-state index contributed by atoms with van der Waals surface area (Å²) in [5.41, 5.74) is -0.169. The molecule has 0 aromatic carbocycles. The van der Waals surface area contributed by atoms with Crippen molar-refractivity contribution >= 4 is 11.9 Å². The van der Waals surface area contributed by atoms with Gasteiger partial charge < -0.3 is 21.4 Å². The van der Waals surface area contributed by atoms with E-state index >= 15 is 0 Å². The zero-order chi connectivity index (χ0) is 10.7. The van der Waals surface area contributed by atoms with Gasteiger partial charge in [-0.3, -0.25) is 4.79 Å². The molecule has 1 aromatic heterocycles. The molecule has 6 nitrogen and oxygen atoms in total. The Morgan fingerprint density at radius 2 is 2.20 bits per heavy atom. The molecule has 0 atom stereocenters. The van der Waals surface area contributed by atoms with Gasteiger partial charge in [-0.25, -0.2) is 4.79 Å². The first-order valence-electron chi connectivity index (χ1n) is 3.75. The summed E-state index contributed by atoms with van der Waals surface area (Å²) in [5, 5.41) is 17.8. The van der Waals surface area contributed by atoms with Crippen molar-refractivity contribution in [1.29, 1.82) is 0 Å². The predicted molar refractivity (Wildman–Crippen MR) is 46.2 cm³/mol. The Morgan fingerprint density at radius 1 is 1.60 bits per heavy atom. The first-order chi connectivity index (χ1) is 6.56. The van der Waals surface area contributed by atoms with Crippen LogP contribution >= 0.6 is 0 Å². The van der Waals surface area contributed by atoms with Crippen molar-refractivity contribution in [2.24, 2.45) is 0 Å². The van der Waals surface area contributed by atoms with Crippen molar-refractivity contribution in [3.63, 3.8) is 0 Å². The predicted octanol–water partition coefficient (Wildman–Crippen LogP) is -2.75. The number of aromatic carboxylic acids is 1. The molecule has 7 heteroatoms. The molecule has 78 valence electrons. The number of nitrogens with one attached hydrogen (secondary N) is 1. The molecule has 0 spiro atoms. The molecule has 0 saturated heterocycles. The van der Waals surface area contributed by atoms with Crippen LogP contribution in [0.15, 0.2) is 6.20 Å². The van der Waals surface area contributed by atoms with Gasteiger partial charge in [-0.2, -0.15) is 0 Å². The molecule has 0 radical (unpaired) electrons. The fraction of sp³-hybridized carbons (Fsp3) is 0.250. The number of ether oxygens (including phenoxy) is 1. The van der Waals surface area contributed by atoms with Crippen LogP contribution in [0.3, 0.4) is 0 Å². The molecule has 0 aliphatic rings. The Morgan fingerprint density at radius 3 is 2.67 bits per heavy atom. The molecule has 1 heterocycles. The molecule has 0 saturated carbocycles. The second-order valence-electron chi connectivity index (χ2n) is 2.59. The summed E-state index contributed by atoms with van der Waals surface area (Å²) in [4.78, 5) is 24.0. The van der Waals surface area contributed by atoms with E-state index < -0.39 is 17.7 Å². The molecule has 0 amide bonds. The first kappa shape index (κ1) is 14.0. The maximum absolute atomic E-state index is 10.8. The molecule has 0 bridgehead atoms. The average Bonchev–Trinajstić information content (AvgIpc) is 2.46. The third-order valence-electron chi connectivity index (χ3n) is 1.70. The minimum absolute atomic E-state index is 0. The average molecular weight is 223 g/mol. The Kier molecular flexibility index (Phi) is 5.41. The summed E-state index contributed by atoms with van der Waals surface area (Å²) in [5.74, 6) is -2.26. The number of hydrogen-bond donors (Lipinski definition) is 3. The van der Waals surface area contributed by atoms with Crippen LogP contribution in [0.4, 0.5) is 0 Å². The summed E-state index contributed by atoms with van der Waals surface area (Å²) < 4.78 is 4.36. The fourth-order valence-corrected chi connectivity index (χ4v) is 1.05. The molecule has 1 rings (SSSR count). The van der Waals surface area contributed by atoms with E-state index in [0.29, 0.717) is 0 Å². The number of H-pyrrole nitrogens is 1. The fourth-order valence-electron chi connectivity index (χ4n) is 1.05. The number of aromatic nitrogens is 1. The zero-order valence-electron chi connectivity index (χ0n) is 9.40.